The number of hydrogen-bond donors (Lipinski definition) is 0. The molecular formula is C17H19N3O6S2. The molecular weight excluding hydrogens is 406 g/mol. The maximum absolute atomic E-state index is 12.7. The molecule has 9 nitrogen and oxygen atoms in total. The van der Waals surface area contributed by atoms with E-state index in [0.717, 1.165) is 4.88 Å². The second-order valence-corrected chi connectivity index (χ2v) is 9.66. The molecule has 0 saturated carbocycles. The fourth-order valence-electron chi connectivity index (χ4n) is 2.96. The molecule has 0 N–H and O–H groups in total. The number of thiophene rings is 1. The molecule has 0 radical (unpaired) electrons. The van der Waals surface area contributed by atoms with Crippen molar-refractivity contribution in [2.45, 2.75) is 11.1 Å². The van der Waals surface area contributed by atoms with Crippen LogP contribution in [0.4, 0.5) is 5.69 Å². The molecule has 150 valence electrons. The van der Waals surface area contributed by atoms with Crippen LogP contribution in [0, 0.1) is 17.0 Å². The number of nitro benzene ring substituents is 1. The number of methoxy groups -OCH3 is 1. The number of carbonyl (C=O) groups is 1. The van der Waals surface area contributed by atoms with Gasteiger partial charge in [-0.3, -0.25) is 14.9 Å². The Bertz CT molecular complexity index is 1010. The molecule has 3 rings (SSSR count). The Morgan fingerprint density at radius 3 is 2.39 bits per heavy atom. The highest BCUT2D eigenvalue weighted by Crippen LogP contribution is 2.29. The predicted octanol–water partition coefficient (Wildman–Crippen LogP) is 2.12. The number of hydrogen-bond acceptors (Lipinski definition) is 7. The number of benzene rings is 1. The van der Waals surface area contributed by atoms with E-state index in [-0.39, 0.29) is 53.3 Å². The minimum absolute atomic E-state index is 0.0729. The maximum Gasteiger partial charge on any atom is 0.311 e. The number of piperazine rings is 1. The Hall–Kier alpha value is -2.50. The van der Waals surface area contributed by atoms with Crippen molar-refractivity contribution < 1.29 is 22.9 Å². The van der Waals surface area contributed by atoms with Crippen molar-refractivity contribution in [1.82, 2.24) is 9.21 Å². The first kappa shape index (κ1) is 20.2. The van der Waals surface area contributed by atoms with Crippen LogP contribution >= 0.6 is 11.3 Å². The summed E-state index contributed by atoms with van der Waals surface area (Å²) in [7, 11) is -2.26. The van der Waals surface area contributed by atoms with Crippen molar-refractivity contribution in [2.75, 3.05) is 33.3 Å². The summed E-state index contributed by atoms with van der Waals surface area (Å²) < 4.78 is 32.0. The molecule has 1 aromatic carbocycles. The molecule has 1 aliphatic heterocycles. The minimum atomic E-state index is -3.57. The summed E-state index contributed by atoms with van der Waals surface area (Å²) in [5.74, 6) is -0.307. The number of nitrogens with zero attached hydrogens (tertiary/aromatic N) is 3. The van der Waals surface area contributed by atoms with Gasteiger partial charge in [0.05, 0.1) is 12.0 Å². The third kappa shape index (κ3) is 3.86. The highest BCUT2D eigenvalue weighted by atomic mass is 32.2. The van der Waals surface area contributed by atoms with Gasteiger partial charge in [0.15, 0.2) is 5.75 Å². The van der Waals surface area contributed by atoms with Crippen molar-refractivity contribution in [2.24, 2.45) is 0 Å². The number of ether oxygens (including phenoxy) is 1. The third-order valence-electron chi connectivity index (χ3n) is 4.46. The number of rotatable bonds is 5. The summed E-state index contributed by atoms with van der Waals surface area (Å²) in [5, 5.41) is 11.1. The van der Waals surface area contributed by atoms with Gasteiger partial charge in [-0.25, -0.2) is 8.42 Å². The Morgan fingerprint density at radius 2 is 1.86 bits per heavy atom. The van der Waals surface area contributed by atoms with Gasteiger partial charge < -0.3 is 9.64 Å². The zero-order valence-electron chi connectivity index (χ0n) is 15.3. The summed E-state index contributed by atoms with van der Waals surface area (Å²) in [6.07, 6.45) is 0. The molecule has 1 amide bonds. The molecule has 1 fully saturated rings. The smallest absolute Gasteiger partial charge is 0.311 e. The normalized spacial score (nSPS) is 15.4. The van der Waals surface area contributed by atoms with Crippen LogP contribution in [0.3, 0.4) is 0 Å². The summed E-state index contributed by atoms with van der Waals surface area (Å²) in [6.45, 7) is 2.60. The Morgan fingerprint density at radius 1 is 1.18 bits per heavy atom. The monoisotopic (exact) mass is 425 g/mol. The lowest BCUT2D eigenvalue weighted by Gasteiger charge is -2.33. The second kappa shape index (κ2) is 7.86. The topological polar surface area (TPSA) is 110 Å². The first-order valence-electron chi connectivity index (χ1n) is 8.42. The van der Waals surface area contributed by atoms with Gasteiger partial charge in [-0.05, 0) is 31.2 Å². The lowest BCUT2D eigenvalue weighted by molar-refractivity contribution is -0.385. The van der Waals surface area contributed by atoms with Gasteiger partial charge in [0, 0.05) is 42.7 Å². The standard InChI is InChI=1S/C17H19N3O6S2/c1-12-3-6-16(27-12)28(24,25)19-9-7-18(8-10-19)17(21)13-4-5-15(26-2)14(11-13)20(22)23/h3-6,11H,7-10H2,1-2H3. The number of amides is 1. The number of aryl methyl sites for hydroxylation is 1. The van der Waals surface area contributed by atoms with E-state index in [1.165, 1.54) is 45.9 Å². The first-order valence-corrected chi connectivity index (χ1v) is 10.7. The largest absolute Gasteiger partial charge is 0.490 e. The van der Waals surface area contributed by atoms with Crippen LogP contribution in [0.5, 0.6) is 5.75 Å². The maximum atomic E-state index is 12.7. The van der Waals surface area contributed by atoms with E-state index in [9.17, 15) is 23.3 Å². The van der Waals surface area contributed by atoms with Crippen molar-refractivity contribution in [3.8, 4) is 5.75 Å². The fourth-order valence-corrected chi connectivity index (χ4v) is 5.82. The van der Waals surface area contributed by atoms with Gasteiger partial charge in [0.2, 0.25) is 0 Å². The predicted molar refractivity (Wildman–Crippen MR) is 103 cm³/mol. The SMILES string of the molecule is COc1ccc(C(=O)N2CCN(S(=O)(=O)c3ccc(C)s3)CC2)cc1[N+](=O)[O-]. The lowest BCUT2D eigenvalue weighted by Crippen LogP contribution is -2.50. The molecule has 1 aliphatic rings. The van der Waals surface area contributed by atoms with E-state index in [4.69, 9.17) is 4.74 Å². The molecule has 0 aliphatic carbocycles. The van der Waals surface area contributed by atoms with E-state index in [2.05, 4.69) is 0 Å². The minimum Gasteiger partial charge on any atom is -0.490 e. The summed E-state index contributed by atoms with van der Waals surface area (Å²) in [5.41, 5.74) is -0.125. The van der Waals surface area contributed by atoms with Gasteiger partial charge in [0.25, 0.3) is 15.9 Å². The quantitative estimate of drug-likeness (QED) is 0.536. The molecule has 2 heterocycles. The highest BCUT2D eigenvalue weighted by molar-refractivity contribution is 7.91. The average molecular weight is 425 g/mol. The second-order valence-electron chi connectivity index (χ2n) is 6.21. The molecule has 2 aromatic rings. The van der Waals surface area contributed by atoms with E-state index in [1.807, 2.05) is 6.92 Å². The van der Waals surface area contributed by atoms with Crippen LogP contribution in [0.25, 0.3) is 0 Å². The molecule has 11 heteroatoms. The van der Waals surface area contributed by atoms with Crippen LogP contribution in [0.1, 0.15) is 15.2 Å². The Labute approximate surface area is 166 Å². The zero-order chi connectivity index (χ0) is 20.5. The van der Waals surface area contributed by atoms with Gasteiger partial charge in [-0.1, -0.05) is 0 Å². The molecule has 0 spiro atoms. The van der Waals surface area contributed by atoms with E-state index in [1.54, 1.807) is 12.1 Å². The van der Waals surface area contributed by atoms with Crippen LogP contribution in [-0.4, -0.2) is 61.7 Å². The van der Waals surface area contributed by atoms with E-state index >= 15 is 0 Å². The zero-order valence-corrected chi connectivity index (χ0v) is 17.0. The average Bonchev–Trinajstić information content (AvgIpc) is 3.14. The summed E-state index contributed by atoms with van der Waals surface area (Å²) in [6, 6.07) is 7.37. The molecule has 28 heavy (non-hydrogen) atoms. The number of carbonyl (C=O) groups excluding carboxylic acids is 1. The van der Waals surface area contributed by atoms with Gasteiger partial charge in [-0.15, -0.1) is 11.3 Å². The summed E-state index contributed by atoms with van der Waals surface area (Å²) in [4.78, 5) is 25.7. The molecule has 0 bridgehead atoms. The van der Waals surface area contributed by atoms with Crippen LogP contribution in [-0.2, 0) is 10.0 Å². The lowest BCUT2D eigenvalue weighted by atomic mass is 10.1. The highest BCUT2D eigenvalue weighted by Gasteiger charge is 2.31. The van der Waals surface area contributed by atoms with Gasteiger partial charge >= 0.3 is 5.69 Å². The van der Waals surface area contributed by atoms with Crippen LogP contribution in [0.15, 0.2) is 34.5 Å². The first-order chi connectivity index (χ1) is 13.2. The van der Waals surface area contributed by atoms with Crippen molar-refractivity contribution in [3.05, 3.63) is 50.9 Å². The van der Waals surface area contributed by atoms with E-state index in [0.29, 0.717) is 0 Å². The molecule has 1 saturated heterocycles. The Kier molecular flexibility index (Phi) is 5.68. The van der Waals surface area contributed by atoms with Crippen molar-refractivity contribution in [1.29, 1.82) is 0 Å². The number of nitro groups is 1. The van der Waals surface area contributed by atoms with Crippen LogP contribution < -0.4 is 4.74 Å². The van der Waals surface area contributed by atoms with E-state index < -0.39 is 14.9 Å². The molecule has 0 unspecified atom stereocenters. The molecule has 0 atom stereocenters. The third-order valence-corrected chi connectivity index (χ3v) is 7.82. The van der Waals surface area contributed by atoms with Crippen LogP contribution in [0.2, 0.25) is 0 Å². The van der Waals surface area contributed by atoms with Gasteiger partial charge in [-0.2, -0.15) is 4.31 Å². The van der Waals surface area contributed by atoms with Gasteiger partial charge in [0.1, 0.15) is 4.21 Å². The Balaban J connectivity index is 1.72. The van der Waals surface area contributed by atoms with Crippen molar-refractivity contribution in [3.63, 3.8) is 0 Å². The van der Waals surface area contributed by atoms with Crippen molar-refractivity contribution >= 4 is 33.0 Å². The summed E-state index contributed by atoms with van der Waals surface area (Å²) >= 11 is 1.21. The fraction of sp³-hybridized carbons (Fsp3) is 0.353. The molecule has 1 aromatic heterocycles. The number of sulfonamides is 1.